The summed E-state index contributed by atoms with van der Waals surface area (Å²) < 4.78 is 23.4. The Morgan fingerprint density at radius 3 is 2.78 bits per heavy atom. The Labute approximate surface area is 159 Å². The second-order valence-electron chi connectivity index (χ2n) is 7.27. The van der Waals surface area contributed by atoms with Crippen molar-refractivity contribution >= 4 is 27.4 Å². The fraction of sp³-hybridized carbons (Fsp3) is 0.421. The van der Waals surface area contributed by atoms with Gasteiger partial charge in [-0.15, -0.1) is 0 Å². The number of anilines is 2. The lowest BCUT2D eigenvalue weighted by molar-refractivity contribution is 0.0741. The maximum Gasteiger partial charge on any atom is 0.272 e. The molecular formula is C19H22N4O3S. The zero-order valence-electron chi connectivity index (χ0n) is 15.4. The van der Waals surface area contributed by atoms with Crippen LogP contribution in [0.3, 0.4) is 0 Å². The van der Waals surface area contributed by atoms with Crippen LogP contribution in [0.5, 0.6) is 0 Å². The molecule has 1 amide bonds. The number of carbonyl (C=O) groups excluding carboxylic acids is 1. The van der Waals surface area contributed by atoms with Gasteiger partial charge in [0.1, 0.15) is 5.69 Å². The van der Waals surface area contributed by atoms with Gasteiger partial charge in [0.25, 0.3) is 5.91 Å². The largest absolute Gasteiger partial charge is 0.336 e. The van der Waals surface area contributed by atoms with Gasteiger partial charge in [-0.2, -0.15) is 0 Å². The maximum absolute atomic E-state index is 12.9. The van der Waals surface area contributed by atoms with E-state index in [1.54, 1.807) is 19.3 Å². The molecule has 2 aromatic rings. The summed E-state index contributed by atoms with van der Waals surface area (Å²) in [5.74, 6) is 0.363. The molecule has 27 heavy (non-hydrogen) atoms. The van der Waals surface area contributed by atoms with E-state index >= 15 is 0 Å². The van der Waals surface area contributed by atoms with Crippen LogP contribution in [-0.4, -0.2) is 59.8 Å². The van der Waals surface area contributed by atoms with Crippen LogP contribution in [-0.2, 0) is 16.3 Å². The molecule has 0 aliphatic carbocycles. The number of fused-ring (bicyclic) bond motifs is 1. The third-order valence-electron chi connectivity index (χ3n) is 5.36. The van der Waals surface area contributed by atoms with E-state index in [-0.39, 0.29) is 35.2 Å². The predicted molar refractivity (Wildman–Crippen MR) is 103 cm³/mol. The minimum atomic E-state index is -3.05. The monoisotopic (exact) mass is 386 g/mol. The molecule has 0 bridgehead atoms. The van der Waals surface area contributed by atoms with Gasteiger partial charge in [-0.25, -0.2) is 18.4 Å². The van der Waals surface area contributed by atoms with Crippen molar-refractivity contribution < 1.29 is 13.2 Å². The van der Waals surface area contributed by atoms with E-state index in [1.807, 2.05) is 23.1 Å². The molecular weight excluding hydrogens is 364 g/mol. The molecule has 1 aromatic carbocycles. The first-order chi connectivity index (χ1) is 12.9. The summed E-state index contributed by atoms with van der Waals surface area (Å²) >= 11 is 0. The minimum Gasteiger partial charge on any atom is -0.336 e. The molecule has 7 nitrogen and oxygen atoms in total. The highest BCUT2D eigenvalue weighted by Crippen LogP contribution is 2.36. The molecule has 8 heteroatoms. The SMILES string of the molecule is CC1Cc2ccccc2N1c1nccc(C(=O)N(C)C2CCS(=O)(=O)C2)n1. The van der Waals surface area contributed by atoms with Gasteiger partial charge >= 0.3 is 0 Å². The molecule has 1 saturated heterocycles. The van der Waals surface area contributed by atoms with Crippen LogP contribution in [0.2, 0.25) is 0 Å². The lowest BCUT2D eigenvalue weighted by Crippen LogP contribution is -2.38. The highest BCUT2D eigenvalue weighted by atomic mass is 32.2. The third-order valence-corrected chi connectivity index (χ3v) is 7.11. The van der Waals surface area contributed by atoms with Crippen LogP contribution < -0.4 is 4.90 Å². The van der Waals surface area contributed by atoms with E-state index in [0.29, 0.717) is 12.4 Å². The van der Waals surface area contributed by atoms with Crippen LogP contribution in [0, 0.1) is 0 Å². The zero-order chi connectivity index (χ0) is 19.2. The van der Waals surface area contributed by atoms with E-state index in [9.17, 15) is 13.2 Å². The number of rotatable bonds is 3. The Morgan fingerprint density at radius 1 is 1.26 bits per heavy atom. The number of hydrogen-bond acceptors (Lipinski definition) is 6. The Balaban J connectivity index is 1.61. The quantitative estimate of drug-likeness (QED) is 0.800. The van der Waals surface area contributed by atoms with Gasteiger partial charge in [-0.3, -0.25) is 4.79 Å². The predicted octanol–water partition coefficient (Wildman–Crippen LogP) is 1.82. The third kappa shape index (κ3) is 3.29. The maximum atomic E-state index is 12.9. The second kappa shape index (κ2) is 6.60. The lowest BCUT2D eigenvalue weighted by atomic mass is 10.1. The van der Waals surface area contributed by atoms with Crippen LogP contribution in [0.25, 0.3) is 0 Å². The summed E-state index contributed by atoms with van der Waals surface area (Å²) in [7, 11) is -1.41. The van der Waals surface area contributed by atoms with Gasteiger partial charge in [0.2, 0.25) is 5.95 Å². The fourth-order valence-corrected chi connectivity index (χ4v) is 5.66. The summed E-state index contributed by atoms with van der Waals surface area (Å²) in [5.41, 5.74) is 2.58. The number of hydrogen-bond donors (Lipinski definition) is 0. The number of sulfone groups is 1. The first kappa shape index (κ1) is 17.9. The van der Waals surface area contributed by atoms with E-state index in [1.165, 1.54) is 10.5 Å². The average molecular weight is 386 g/mol. The molecule has 142 valence electrons. The molecule has 2 atom stereocenters. The summed E-state index contributed by atoms with van der Waals surface area (Å²) in [6.45, 7) is 2.10. The van der Waals surface area contributed by atoms with Gasteiger partial charge in [0.15, 0.2) is 9.84 Å². The number of benzene rings is 1. The molecule has 0 spiro atoms. The molecule has 0 radical (unpaired) electrons. The van der Waals surface area contributed by atoms with Crippen LogP contribution in [0.1, 0.15) is 29.4 Å². The number of carbonyl (C=O) groups is 1. The Morgan fingerprint density at radius 2 is 2.04 bits per heavy atom. The number of para-hydroxylation sites is 1. The zero-order valence-corrected chi connectivity index (χ0v) is 16.2. The fourth-order valence-electron chi connectivity index (χ4n) is 3.88. The van der Waals surface area contributed by atoms with Crippen LogP contribution in [0.15, 0.2) is 36.5 Å². The summed E-state index contributed by atoms with van der Waals surface area (Å²) in [5, 5.41) is 0. The van der Waals surface area contributed by atoms with Gasteiger partial charge in [-0.1, -0.05) is 18.2 Å². The minimum absolute atomic E-state index is 0.0176. The van der Waals surface area contributed by atoms with Crippen molar-refractivity contribution in [3.05, 3.63) is 47.8 Å². The van der Waals surface area contributed by atoms with Crippen molar-refractivity contribution in [2.45, 2.75) is 31.8 Å². The molecule has 0 saturated carbocycles. The normalized spacial score (nSPS) is 23.3. The van der Waals surface area contributed by atoms with Crippen molar-refractivity contribution in [3.63, 3.8) is 0 Å². The van der Waals surface area contributed by atoms with Crippen LogP contribution >= 0.6 is 0 Å². The second-order valence-corrected chi connectivity index (χ2v) is 9.50. The molecule has 4 rings (SSSR count). The molecule has 2 unspecified atom stereocenters. The molecule has 1 aromatic heterocycles. The van der Waals surface area contributed by atoms with Gasteiger partial charge in [0.05, 0.1) is 11.5 Å². The van der Waals surface area contributed by atoms with E-state index in [2.05, 4.69) is 23.0 Å². The van der Waals surface area contributed by atoms with Crippen molar-refractivity contribution in [1.29, 1.82) is 0 Å². The number of amides is 1. The summed E-state index contributed by atoms with van der Waals surface area (Å²) in [6.07, 6.45) is 2.96. The van der Waals surface area contributed by atoms with Crippen molar-refractivity contribution in [2.24, 2.45) is 0 Å². The Hall–Kier alpha value is -2.48. The standard InChI is InChI=1S/C19H22N4O3S/c1-13-11-14-5-3-4-6-17(14)23(13)19-20-9-7-16(21-19)18(24)22(2)15-8-10-27(25,26)12-15/h3-7,9,13,15H,8,10-12H2,1-2H3. The molecule has 0 N–H and O–H groups in total. The number of nitrogens with zero attached hydrogens (tertiary/aromatic N) is 4. The highest BCUT2D eigenvalue weighted by Gasteiger charge is 2.34. The molecule has 3 heterocycles. The molecule has 1 fully saturated rings. The first-order valence-electron chi connectivity index (χ1n) is 9.03. The summed E-state index contributed by atoms with van der Waals surface area (Å²) in [4.78, 5) is 25.3. The smallest absolute Gasteiger partial charge is 0.272 e. The first-order valence-corrected chi connectivity index (χ1v) is 10.9. The molecule has 2 aliphatic heterocycles. The van der Waals surface area contributed by atoms with Crippen LogP contribution in [0.4, 0.5) is 11.6 Å². The Bertz CT molecular complexity index is 992. The summed E-state index contributed by atoms with van der Waals surface area (Å²) in [6, 6.07) is 9.60. The van der Waals surface area contributed by atoms with Crippen molar-refractivity contribution in [1.82, 2.24) is 14.9 Å². The van der Waals surface area contributed by atoms with Crippen molar-refractivity contribution in [2.75, 3.05) is 23.5 Å². The van der Waals surface area contributed by atoms with Crippen molar-refractivity contribution in [3.8, 4) is 0 Å². The highest BCUT2D eigenvalue weighted by molar-refractivity contribution is 7.91. The number of aromatic nitrogens is 2. The van der Waals surface area contributed by atoms with Gasteiger partial charge in [-0.05, 0) is 37.5 Å². The van der Waals surface area contributed by atoms with Gasteiger partial charge < -0.3 is 9.80 Å². The Kier molecular flexibility index (Phi) is 4.38. The van der Waals surface area contributed by atoms with E-state index < -0.39 is 9.84 Å². The van der Waals surface area contributed by atoms with Gasteiger partial charge in [0, 0.05) is 31.0 Å². The lowest BCUT2D eigenvalue weighted by Gasteiger charge is -2.25. The van der Waals surface area contributed by atoms with E-state index in [4.69, 9.17) is 0 Å². The topological polar surface area (TPSA) is 83.5 Å². The average Bonchev–Trinajstić information content (AvgIpc) is 3.18. The van der Waals surface area contributed by atoms with E-state index in [0.717, 1.165) is 12.1 Å². The molecule has 2 aliphatic rings.